The maximum Gasteiger partial charge on any atom is 0.127 e. The summed E-state index contributed by atoms with van der Waals surface area (Å²) in [6.45, 7) is 5.69. The molecule has 2 aromatic rings. The van der Waals surface area contributed by atoms with Crippen molar-refractivity contribution in [1.82, 2.24) is 0 Å². The van der Waals surface area contributed by atoms with Crippen LogP contribution in [-0.4, -0.2) is 0 Å². The van der Waals surface area contributed by atoms with Crippen LogP contribution < -0.4 is 5.73 Å². The first kappa shape index (κ1) is 11.3. The fraction of sp³-hybridized carbons (Fsp3) is 0.154. The Bertz CT molecular complexity index is 502. The maximum absolute atomic E-state index is 13.3. The van der Waals surface area contributed by atoms with Gasteiger partial charge in [0.05, 0.1) is 0 Å². The maximum atomic E-state index is 13.3. The number of thiophene rings is 1. The molecule has 2 N–H and O–H groups in total. The molecule has 83 valence electrons. The molecule has 0 aliphatic carbocycles. The second-order valence-electron chi connectivity index (χ2n) is 3.76. The molecule has 1 aromatic heterocycles. The van der Waals surface area contributed by atoms with Crippen LogP contribution in [0, 0.1) is 12.7 Å². The predicted molar refractivity (Wildman–Crippen MR) is 66.8 cm³/mol. The number of halogens is 1. The van der Waals surface area contributed by atoms with Crippen molar-refractivity contribution in [2.24, 2.45) is 5.73 Å². The van der Waals surface area contributed by atoms with Gasteiger partial charge in [0.1, 0.15) is 5.82 Å². The summed E-state index contributed by atoms with van der Waals surface area (Å²) in [7, 11) is 0. The monoisotopic (exact) mass is 234 g/mol. The summed E-state index contributed by atoms with van der Waals surface area (Å²) in [5.74, 6) is -0.270. The van der Waals surface area contributed by atoms with Crippen LogP contribution in [-0.2, 0) is 0 Å². The first-order valence-electron chi connectivity index (χ1n) is 5.05. The van der Waals surface area contributed by atoms with Gasteiger partial charge in [-0.15, -0.1) is 11.3 Å². The van der Waals surface area contributed by atoms with Gasteiger partial charge in [0.25, 0.3) is 0 Å². The van der Waals surface area contributed by atoms with Crippen LogP contribution in [0.2, 0.25) is 0 Å². The van der Waals surface area contributed by atoms with E-state index in [-0.39, 0.29) is 11.9 Å². The molecule has 0 saturated carbocycles. The van der Waals surface area contributed by atoms with Crippen LogP contribution in [0.3, 0.4) is 0 Å². The molecule has 0 fully saturated rings. The minimum atomic E-state index is -0.270. The molecule has 1 radical (unpaired) electrons. The molecule has 1 nitrogen and oxygen atoms in total. The number of hydrogen-bond acceptors (Lipinski definition) is 2. The van der Waals surface area contributed by atoms with Crippen molar-refractivity contribution in [2.75, 3.05) is 0 Å². The van der Waals surface area contributed by atoms with E-state index in [2.05, 4.69) is 6.92 Å². The molecule has 0 amide bonds. The summed E-state index contributed by atoms with van der Waals surface area (Å²) in [6, 6.07) is 8.96. The highest BCUT2D eigenvalue weighted by atomic mass is 32.1. The molecule has 0 spiro atoms. The van der Waals surface area contributed by atoms with Crippen molar-refractivity contribution in [2.45, 2.75) is 13.0 Å². The Labute approximate surface area is 98.7 Å². The lowest BCUT2D eigenvalue weighted by Gasteiger charge is -2.04. The summed E-state index contributed by atoms with van der Waals surface area (Å²) in [5.41, 5.74) is 7.08. The van der Waals surface area contributed by atoms with E-state index in [0.29, 0.717) is 5.56 Å². The van der Waals surface area contributed by atoms with Crippen molar-refractivity contribution < 1.29 is 4.39 Å². The van der Waals surface area contributed by atoms with E-state index in [1.807, 2.05) is 25.1 Å². The zero-order valence-corrected chi connectivity index (χ0v) is 9.85. The molecule has 0 aliphatic rings. The van der Waals surface area contributed by atoms with Gasteiger partial charge in [-0.2, -0.15) is 0 Å². The molecule has 1 atom stereocenters. The molecule has 2 rings (SSSR count). The van der Waals surface area contributed by atoms with Crippen molar-refractivity contribution in [1.29, 1.82) is 0 Å². The van der Waals surface area contributed by atoms with Crippen LogP contribution in [0.4, 0.5) is 4.39 Å². The molecule has 16 heavy (non-hydrogen) atoms. The van der Waals surface area contributed by atoms with E-state index in [9.17, 15) is 4.39 Å². The summed E-state index contributed by atoms with van der Waals surface area (Å²) in [5, 5.41) is 0. The van der Waals surface area contributed by atoms with E-state index in [1.165, 1.54) is 6.07 Å². The lowest BCUT2D eigenvalue weighted by molar-refractivity contribution is 0.623. The molecular weight excluding hydrogens is 221 g/mol. The zero-order valence-electron chi connectivity index (χ0n) is 9.03. The first-order valence-corrected chi connectivity index (χ1v) is 5.87. The Morgan fingerprint density at radius 2 is 2.06 bits per heavy atom. The highest BCUT2D eigenvalue weighted by Crippen LogP contribution is 2.33. The third kappa shape index (κ3) is 2.01. The summed E-state index contributed by atoms with van der Waals surface area (Å²) in [4.78, 5) is 2.11. The smallest absolute Gasteiger partial charge is 0.127 e. The minimum absolute atomic E-state index is 0.0144. The molecule has 1 heterocycles. The number of nitrogens with two attached hydrogens (primary N) is 1. The highest BCUT2D eigenvalue weighted by molar-refractivity contribution is 7.15. The Balaban J connectivity index is 2.47. The van der Waals surface area contributed by atoms with Crippen molar-refractivity contribution in [3.05, 3.63) is 53.5 Å². The minimum Gasteiger partial charge on any atom is -0.324 e. The van der Waals surface area contributed by atoms with Gasteiger partial charge >= 0.3 is 0 Å². The highest BCUT2D eigenvalue weighted by Gasteiger charge is 2.09. The Kier molecular flexibility index (Phi) is 3.08. The quantitative estimate of drug-likeness (QED) is 0.841. The van der Waals surface area contributed by atoms with Crippen LogP contribution in [0.1, 0.15) is 23.4 Å². The number of benzene rings is 1. The van der Waals surface area contributed by atoms with Crippen molar-refractivity contribution in [3.8, 4) is 10.4 Å². The Morgan fingerprint density at radius 1 is 1.31 bits per heavy atom. The van der Waals surface area contributed by atoms with Gasteiger partial charge in [-0.25, -0.2) is 4.39 Å². The lowest BCUT2D eigenvalue weighted by Crippen LogP contribution is -2.01. The summed E-state index contributed by atoms with van der Waals surface area (Å²) < 4.78 is 13.3. The van der Waals surface area contributed by atoms with Crippen LogP contribution >= 0.6 is 11.3 Å². The second kappa shape index (κ2) is 4.36. The summed E-state index contributed by atoms with van der Waals surface area (Å²) in [6.07, 6.45) is 0. The number of hydrogen-bond donors (Lipinski definition) is 1. The molecular formula is C13H13FNS. The Hall–Kier alpha value is -1.19. The lowest BCUT2D eigenvalue weighted by atomic mass is 10.1. The average molecular weight is 234 g/mol. The van der Waals surface area contributed by atoms with Crippen molar-refractivity contribution in [3.63, 3.8) is 0 Å². The van der Waals surface area contributed by atoms with Gasteiger partial charge in [0.2, 0.25) is 0 Å². The van der Waals surface area contributed by atoms with Gasteiger partial charge in [0, 0.05) is 15.8 Å². The second-order valence-corrected chi connectivity index (χ2v) is 4.87. The van der Waals surface area contributed by atoms with E-state index in [0.717, 1.165) is 15.3 Å². The summed E-state index contributed by atoms with van der Waals surface area (Å²) >= 11 is 1.59. The third-order valence-electron chi connectivity index (χ3n) is 2.46. The van der Waals surface area contributed by atoms with E-state index in [1.54, 1.807) is 17.4 Å². The van der Waals surface area contributed by atoms with Gasteiger partial charge in [-0.3, -0.25) is 0 Å². The molecule has 0 aliphatic heterocycles. The SMILES string of the molecule is [CH2]c1c(F)cccc1-c1ccc([C@@H](C)N)s1. The fourth-order valence-electron chi connectivity index (χ4n) is 1.53. The van der Waals surface area contributed by atoms with E-state index < -0.39 is 0 Å². The standard InChI is InChI=1S/C13H13FNS/c1-8-10(4-3-5-11(8)14)13-7-6-12(16-13)9(2)15/h3-7,9H,1,15H2,2H3/t9-/m1/s1. The molecule has 1 aromatic carbocycles. The van der Waals surface area contributed by atoms with Crippen molar-refractivity contribution >= 4 is 11.3 Å². The van der Waals surface area contributed by atoms with Crippen LogP contribution in [0.25, 0.3) is 10.4 Å². The topological polar surface area (TPSA) is 26.0 Å². The normalized spacial score (nSPS) is 12.8. The van der Waals surface area contributed by atoms with E-state index >= 15 is 0 Å². The zero-order chi connectivity index (χ0) is 11.7. The third-order valence-corrected chi connectivity index (χ3v) is 3.78. The van der Waals surface area contributed by atoms with Gasteiger partial charge in [0.15, 0.2) is 0 Å². The van der Waals surface area contributed by atoms with Gasteiger partial charge < -0.3 is 5.73 Å². The first-order chi connectivity index (χ1) is 7.59. The largest absolute Gasteiger partial charge is 0.324 e. The molecule has 0 saturated heterocycles. The van der Waals surface area contributed by atoms with E-state index in [4.69, 9.17) is 5.73 Å². The van der Waals surface area contributed by atoms with Crippen LogP contribution in [0.5, 0.6) is 0 Å². The number of rotatable bonds is 2. The Morgan fingerprint density at radius 3 is 2.69 bits per heavy atom. The molecule has 0 bridgehead atoms. The van der Waals surface area contributed by atoms with Gasteiger partial charge in [-0.05, 0) is 43.2 Å². The van der Waals surface area contributed by atoms with Gasteiger partial charge in [-0.1, -0.05) is 12.1 Å². The van der Waals surface area contributed by atoms with Crippen LogP contribution in [0.15, 0.2) is 30.3 Å². The average Bonchev–Trinajstić information content (AvgIpc) is 2.71. The predicted octanol–water partition coefficient (Wildman–Crippen LogP) is 3.76. The molecule has 0 unspecified atom stereocenters. The molecule has 3 heteroatoms. The fourth-order valence-corrected chi connectivity index (χ4v) is 2.55.